The number of carbonyl (C=O) groups excluding carboxylic acids is 3. The third kappa shape index (κ3) is 6.08. The molecule has 1 aliphatic heterocycles. The zero-order valence-corrected chi connectivity index (χ0v) is 17.7. The van der Waals surface area contributed by atoms with Crippen LogP contribution in [0, 0.1) is 17.3 Å². The van der Waals surface area contributed by atoms with Crippen molar-refractivity contribution in [1.82, 2.24) is 10.2 Å². The van der Waals surface area contributed by atoms with Crippen molar-refractivity contribution in [3.63, 3.8) is 0 Å². The number of hydrogen-bond acceptors (Lipinski definition) is 3. The Bertz CT molecular complexity index is 714. The zero-order valence-electron chi connectivity index (χ0n) is 17.7. The van der Waals surface area contributed by atoms with Crippen LogP contribution in [0.2, 0.25) is 0 Å². The average Bonchev–Trinajstić information content (AvgIpc) is 2.65. The standard InChI is InChI=1S/C22H33N3O3/c1-15(2)14-23-19(26)16-9-11-25(12-10-16)20(27)17-7-6-8-18(13-17)24-21(28)22(3,4)5/h6-8,13,15-16H,9-12,14H2,1-5H3,(H,23,26)(H,24,28). The molecule has 1 aromatic carbocycles. The number of benzene rings is 1. The van der Waals surface area contributed by atoms with Crippen LogP contribution in [-0.4, -0.2) is 42.3 Å². The fourth-order valence-electron chi connectivity index (χ4n) is 3.02. The smallest absolute Gasteiger partial charge is 0.253 e. The van der Waals surface area contributed by atoms with Crippen LogP contribution in [0.25, 0.3) is 0 Å². The predicted octanol–water partition coefficient (Wildman–Crippen LogP) is 3.30. The van der Waals surface area contributed by atoms with Crippen LogP contribution in [-0.2, 0) is 9.59 Å². The second-order valence-electron chi connectivity index (χ2n) is 8.99. The lowest BCUT2D eigenvalue weighted by molar-refractivity contribution is -0.126. The van der Waals surface area contributed by atoms with Gasteiger partial charge in [0, 0.05) is 42.2 Å². The minimum atomic E-state index is -0.502. The maximum absolute atomic E-state index is 12.8. The van der Waals surface area contributed by atoms with Crippen LogP contribution >= 0.6 is 0 Å². The highest BCUT2D eigenvalue weighted by Gasteiger charge is 2.28. The second-order valence-corrected chi connectivity index (χ2v) is 8.99. The SMILES string of the molecule is CC(C)CNC(=O)C1CCN(C(=O)c2cccc(NC(=O)C(C)(C)C)c2)CC1. The van der Waals surface area contributed by atoms with Crippen molar-refractivity contribution in [2.24, 2.45) is 17.3 Å². The molecule has 1 heterocycles. The average molecular weight is 388 g/mol. The Hall–Kier alpha value is -2.37. The van der Waals surface area contributed by atoms with E-state index in [2.05, 4.69) is 24.5 Å². The summed E-state index contributed by atoms with van der Waals surface area (Å²) >= 11 is 0. The summed E-state index contributed by atoms with van der Waals surface area (Å²) in [7, 11) is 0. The Balaban J connectivity index is 1.94. The molecule has 28 heavy (non-hydrogen) atoms. The molecule has 0 bridgehead atoms. The zero-order chi connectivity index (χ0) is 20.9. The van der Waals surface area contributed by atoms with Crippen LogP contribution in [0.15, 0.2) is 24.3 Å². The number of rotatable bonds is 5. The summed E-state index contributed by atoms with van der Waals surface area (Å²) in [6.45, 7) is 11.5. The summed E-state index contributed by atoms with van der Waals surface area (Å²) in [5, 5.41) is 5.85. The molecule has 1 saturated heterocycles. The molecule has 0 aromatic heterocycles. The van der Waals surface area contributed by atoms with E-state index in [1.807, 2.05) is 20.8 Å². The first kappa shape index (κ1) is 21.9. The Kier molecular flexibility index (Phi) is 7.22. The highest BCUT2D eigenvalue weighted by molar-refractivity contribution is 5.98. The number of hydrogen-bond donors (Lipinski definition) is 2. The van der Waals surface area contributed by atoms with Gasteiger partial charge in [-0.3, -0.25) is 14.4 Å². The Labute approximate surface area is 168 Å². The first-order valence-corrected chi connectivity index (χ1v) is 10.1. The molecular formula is C22H33N3O3. The predicted molar refractivity (Wildman–Crippen MR) is 111 cm³/mol. The lowest BCUT2D eigenvalue weighted by Gasteiger charge is -2.31. The quantitative estimate of drug-likeness (QED) is 0.814. The summed E-state index contributed by atoms with van der Waals surface area (Å²) in [6, 6.07) is 7.03. The molecule has 6 nitrogen and oxygen atoms in total. The number of anilines is 1. The lowest BCUT2D eigenvalue weighted by Crippen LogP contribution is -2.43. The van der Waals surface area contributed by atoms with Crippen molar-refractivity contribution < 1.29 is 14.4 Å². The van der Waals surface area contributed by atoms with Crippen molar-refractivity contribution in [2.45, 2.75) is 47.5 Å². The topological polar surface area (TPSA) is 78.5 Å². The van der Waals surface area contributed by atoms with Gasteiger partial charge in [0.1, 0.15) is 0 Å². The van der Waals surface area contributed by atoms with Gasteiger partial charge in [0.05, 0.1) is 0 Å². The van der Waals surface area contributed by atoms with Gasteiger partial charge in [-0.15, -0.1) is 0 Å². The maximum Gasteiger partial charge on any atom is 0.253 e. The molecule has 0 spiro atoms. The molecule has 1 aliphatic rings. The molecule has 0 unspecified atom stereocenters. The van der Waals surface area contributed by atoms with E-state index in [0.717, 1.165) is 0 Å². The number of piperidine rings is 1. The van der Waals surface area contributed by atoms with E-state index in [-0.39, 0.29) is 23.6 Å². The third-order valence-electron chi connectivity index (χ3n) is 4.89. The Morgan fingerprint density at radius 1 is 1.14 bits per heavy atom. The molecule has 2 N–H and O–H groups in total. The van der Waals surface area contributed by atoms with E-state index in [9.17, 15) is 14.4 Å². The van der Waals surface area contributed by atoms with E-state index in [1.165, 1.54) is 0 Å². The van der Waals surface area contributed by atoms with Gasteiger partial charge in [0.15, 0.2) is 0 Å². The summed E-state index contributed by atoms with van der Waals surface area (Å²) < 4.78 is 0. The van der Waals surface area contributed by atoms with E-state index in [1.54, 1.807) is 29.2 Å². The van der Waals surface area contributed by atoms with Crippen molar-refractivity contribution in [2.75, 3.05) is 25.0 Å². The van der Waals surface area contributed by atoms with Crippen LogP contribution in [0.4, 0.5) is 5.69 Å². The van der Waals surface area contributed by atoms with Crippen molar-refractivity contribution in [3.05, 3.63) is 29.8 Å². The molecule has 0 radical (unpaired) electrons. The van der Waals surface area contributed by atoms with Crippen LogP contribution in [0.5, 0.6) is 0 Å². The molecule has 0 aliphatic carbocycles. The van der Waals surface area contributed by atoms with Crippen molar-refractivity contribution >= 4 is 23.4 Å². The largest absolute Gasteiger partial charge is 0.356 e. The van der Waals surface area contributed by atoms with Gasteiger partial charge in [-0.25, -0.2) is 0 Å². The molecule has 3 amide bonds. The highest BCUT2D eigenvalue weighted by atomic mass is 16.2. The number of carbonyl (C=O) groups is 3. The molecule has 0 atom stereocenters. The molecule has 2 rings (SSSR count). The molecular weight excluding hydrogens is 354 g/mol. The highest BCUT2D eigenvalue weighted by Crippen LogP contribution is 2.22. The molecule has 6 heteroatoms. The van der Waals surface area contributed by atoms with E-state index < -0.39 is 5.41 Å². The minimum Gasteiger partial charge on any atom is -0.356 e. The summed E-state index contributed by atoms with van der Waals surface area (Å²) in [5.41, 5.74) is 0.668. The van der Waals surface area contributed by atoms with E-state index >= 15 is 0 Å². The second kappa shape index (κ2) is 9.22. The summed E-state index contributed by atoms with van der Waals surface area (Å²) in [5.74, 6) is 0.336. The molecule has 1 aromatic rings. The number of nitrogens with zero attached hydrogens (tertiary/aromatic N) is 1. The first-order chi connectivity index (χ1) is 13.1. The monoisotopic (exact) mass is 387 g/mol. The minimum absolute atomic E-state index is 0.0276. The van der Waals surface area contributed by atoms with Gasteiger partial charge in [0.25, 0.3) is 5.91 Å². The molecule has 0 saturated carbocycles. The van der Waals surface area contributed by atoms with E-state index in [4.69, 9.17) is 0 Å². The van der Waals surface area contributed by atoms with Gasteiger partial charge in [-0.1, -0.05) is 40.7 Å². The number of nitrogens with one attached hydrogen (secondary N) is 2. The van der Waals surface area contributed by atoms with Crippen molar-refractivity contribution in [1.29, 1.82) is 0 Å². The van der Waals surface area contributed by atoms with Gasteiger partial charge < -0.3 is 15.5 Å². The summed E-state index contributed by atoms with van der Waals surface area (Å²) in [4.78, 5) is 39.0. The van der Waals surface area contributed by atoms with Crippen LogP contribution in [0.1, 0.15) is 57.8 Å². The van der Waals surface area contributed by atoms with Gasteiger partial charge in [-0.2, -0.15) is 0 Å². The fraction of sp³-hybridized carbons (Fsp3) is 0.591. The Morgan fingerprint density at radius 3 is 2.36 bits per heavy atom. The van der Waals surface area contributed by atoms with Gasteiger partial charge >= 0.3 is 0 Å². The Morgan fingerprint density at radius 2 is 1.79 bits per heavy atom. The maximum atomic E-state index is 12.8. The number of amides is 3. The van der Waals surface area contributed by atoms with Crippen molar-refractivity contribution in [3.8, 4) is 0 Å². The first-order valence-electron chi connectivity index (χ1n) is 10.1. The number of likely N-dealkylation sites (tertiary alicyclic amines) is 1. The molecule has 154 valence electrons. The van der Waals surface area contributed by atoms with Crippen LogP contribution in [0.3, 0.4) is 0 Å². The fourth-order valence-corrected chi connectivity index (χ4v) is 3.02. The van der Waals surface area contributed by atoms with Crippen LogP contribution < -0.4 is 10.6 Å². The molecule has 1 fully saturated rings. The van der Waals surface area contributed by atoms with E-state index in [0.29, 0.717) is 49.6 Å². The van der Waals surface area contributed by atoms with Gasteiger partial charge in [-0.05, 0) is 37.0 Å². The lowest BCUT2D eigenvalue weighted by atomic mass is 9.95. The third-order valence-corrected chi connectivity index (χ3v) is 4.89. The normalized spacial score (nSPS) is 15.4. The summed E-state index contributed by atoms with van der Waals surface area (Å²) in [6.07, 6.45) is 1.35. The van der Waals surface area contributed by atoms with Gasteiger partial charge in [0.2, 0.25) is 11.8 Å².